The first-order chi connectivity index (χ1) is 14.1. The lowest BCUT2D eigenvalue weighted by Gasteiger charge is -2.22. The number of methoxy groups -OCH3 is 1. The van der Waals surface area contributed by atoms with Crippen LogP contribution in [0.3, 0.4) is 0 Å². The molecule has 0 aliphatic carbocycles. The molecule has 1 fully saturated rings. The zero-order chi connectivity index (χ0) is 20.2. The lowest BCUT2D eigenvalue weighted by Crippen LogP contribution is -2.39. The zero-order valence-electron chi connectivity index (χ0n) is 16.1. The van der Waals surface area contributed by atoms with Crippen LogP contribution in [0.4, 0.5) is 5.69 Å². The maximum Gasteiger partial charge on any atom is 0.258 e. The van der Waals surface area contributed by atoms with Gasteiger partial charge in [-0.15, -0.1) is 0 Å². The molecule has 1 N–H and O–H groups in total. The number of benzene rings is 2. The van der Waals surface area contributed by atoms with Crippen molar-refractivity contribution in [1.29, 1.82) is 0 Å². The second-order valence-electron chi connectivity index (χ2n) is 6.77. The minimum Gasteiger partial charge on any atom is -0.497 e. The zero-order valence-corrected chi connectivity index (χ0v) is 16.1. The van der Waals surface area contributed by atoms with Gasteiger partial charge < -0.3 is 29.2 Å². The van der Waals surface area contributed by atoms with Gasteiger partial charge in [-0.1, -0.05) is 6.07 Å². The Labute approximate surface area is 168 Å². The number of anilines is 1. The largest absolute Gasteiger partial charge is 0.497 e. The number of ether oxygens (including phenoxy) is 4. The molecular formula is C21H22N2O6. The van der Waals surface area contributed by atoms with Crippen molar-refractivity contribution in [2.45, 2.75) is 12.5 Å². The highest BCUT2D eigenvalue weighted by molar-refractivity contribution is 5.97. The number of fused-ring (bicyclic) bond motifs is 1. The SMILES string of the molecule is COc1cccc(OCC(=O)NC2CC(=O)N(c3ccc4c(c3)OCCO4)C2)c1. The smallest absolute Gasteiger partial charge is 0.258 e. The number of hydrogen-bond acceptors (Lipinski definition) is 6. The van der Waals surface area contributed by atoms with Gasteiger partial charge >= 0.3 is 0 Å². The average Bonchev–Trinajstić information content (AvgIpc) is 3.12. The van der Waals surface area contributed by atoms with Crippen molar-refractivity contribution in [3.63, 3.8) is 0 Å². The van der Waals surface area contributed by atoms with Crippen molar-refractivity contribution in [2.24, 2.45) is 0 Å². The van der Waals surface area contributed by atoms with Crippen molar-refractivity contribution < 1.29 is 28.5 Å². The second kappa shape index (κ2) is 8.30. The lowest BCUT2D eigenvalue weighted by molar-refractivity contribution is -0.123. The van der Waals surface area contributed by atoms with Gasteiger partial charge in [0, 0.05) is 30.8 Å². The molecule has 1 saturated heterocycles. The summed E-state index contributed by atoms with van der Waals surface area (Å²) >= 11 is 0. The summed E-state index contributed by atoms with van der Waals surface area (Å²) < 4.78 is 21.7. The molecule has 4 rings (SSSR count). The quantitative estimate of drug-likeness (QED) is 0.798. The van der Waals surface area contributed by atoms with Crippen LogP contribution in [0.25, 0.3) is 0 Å². The topological polar surface area (TPSA) is 86.3 Å². The van der Waals surface area contributed by atoms with Gasteiger partial charge in [-0.2, -0.15) is 0 Å². The first-order valence-electron chi connectivity index (χ1n) is 9.38. The van der Waals surface area contributed by atoms with E-state index in [0.717, 1.165) is 5.69 Å². The summed E-state index contributed by atoms with van der Waals surface area (Å²) in [5.41, 5.74) is 0.726. The molecule has 2 amide bonds. The molecule has 0 bridgehead atoms. The van der Waals surface area contributed by atoms with Gasteiger partial charge in [0.25, 0.3) is 5.91 Å². The predicted octanol–water partition coefficient (Wildman–Crippen LogP) is 1.77. The van der Waals surface area contributed by atoms with Crippen molar-refractivity contribution in [3.05, 3.63) is 42.5 Å². The van der Waals surface area contributed by atoms with Gasteiger partial charge in [0.1, 0.15) is 24.7 Å². The highest BCUT2D eigenvalue weighted by atomic mass is 16.6. The van der Waals surface area contributed by atoms with Crippen molar-refractivity contribution in [1.82, 2.24) is 5.32 Å². The van der Waals surface area contributed by atoms with E-state index in [1.165, 1.54) is 0 Å². The Bertz CT molecular complexity index is 916. The molecule has 2 aromatic carbocycles. The van der Waals surface area contributed by atoms with Gasteiger partial charge in [-0.3, -0.25) is 9.59 Å². The van der Waals surface area contributed by atoms with E-state index in [0.29, 0.717) is 42.8 Å². The van der Waals surface area contributed by atoms with Crippen molar-refractivity contribution in [3.8, 4) is 23.0 Å². The van der Waals surface area contributed by atoms with Gasteiger partial charge in [-0.25, -0.2) is 0 Å². The molecule has 2 heterocycles. The fourth-order valence-corrected chi connectivity index (χ4v) is 3.36. The molecule has 2 aromatic rings. The van der Waals surface area contributed by atoms with Crippen LogP contribution in [-0.2, 0) is 9.59 Å². The minimum atomic E-state index is -0.283. The molecule has 0 radical (unpaired) electrons. The maximum atomic E-state index is 12.4. The van der Waals surface area contributed by atoms with E-state index in [-0.39, 0.29) is 30.9 Å². The Balaban J connectivity index is 1.32. The second-order valence-corrected chi connectivity index (χ2v) is 6.77. The van der Waals surface area contributed by atoms with E-state index in [1.54, 1.807) is 48.4 Å². The summed E-state index contributed by atoms with van der Waals surface area (Å²) in [5, 5.41) is 2.86. The van der Waals surface area contributed by atoms with E-state index in [4.69, 9.17) is 18.9 Å². The molecule has 2 aliphatic heterocycles. The number of nitrogens with one attached hydrogen (secondary N) is 1. The normalized spacial score (nSPS) is 17.8. The third kappa shape index (κ3) is 4.37. The van der Waals surface area contributed by atoms with Gasteiger partial charge in [0.05, 0.1) is 13.2 Å². The van der Waals surface area contributed by atoms with Gasteiger partial charge in [0.2, 0.25) is 5.91 Å². The maximum absolute atomic E-state index is 12.4. The minimum absolute atomic E-state index is 0.0549. The molecule has 2 aliphatic rings. The van der Waals surface area contributed by atoms with Crippen LogP contribution in [-0.4, -0.2) is 51.3 Å². The Morgan fingerprint density at radius 3 is 2.76 bits per heavy atom. The summed E-state index contributed by atoms with van der Waals surface area (Å²) in [6.07, 6.45) is 0.235. The van der Waals surface area contributed by atoms with Crippen molar-refractivity contribution >= 4 is 17.5 Å². The molecule has 8 heteroatoms. The van der Waals surface area contributed by atoms with E-state index in [2.05, 4.69) is 5.32 Å². The van der Waals surface area contributed by atoms with Gasteiger partial charge in [-0.05, 0) is 24.3 Å². The Hall–Kier alpha value is -3.42. The molecular weight excluding hydrogens is 376 g/mol. The van der Waals surface area contributed by atoms with Crippen LogP contribution in [0.2, 0.25) is 0 Å². The van der Waals surface area contributed by atoms with Crippen molar-refractivity contribution in [2.75, 3.05) is 38.4 Å². The molecule has 0 aromatic heterocycles. The first-order valence-corrected chi connectivity index (χ1v) is 9.38. The standard InChI is InChI=1S/C21H22N2O6/c1-26-16-3-2-4-17(11-16)29-13-20(24)22-14-9-21(25)23(12-14)15-5-6-18-19(10-15)28-8-7-27-18/h2-6,10-11,14H,7-9,12-13H2,1H3,(H,22,24). The number of amides is 2. The highest BCUT2D eigenvalue weighted by Crippen LogP contribution is 2.35. The fraction of sp³-hybridized carbons (Fsp3) is 0.333. The highest BCUT2D eigenvalue weighted by Gasteiger charge is 2.32. The fourth-order valence-electron chi connectivity index (χ4n) is 3.36. The lowest BCUT2D eigenvalue weighted by atomic mass is 10.2. The molecule has 0 spiro atoms. The van der Waals surface area contributed by atoms with E-state index < -0.39 is 0 Å². The van der Waals surface area contributed by atoms with Crippen LogP contribution >= 0.6 is 0 Å². The average molecular weight is 398 g/mol. The summed E-state index contributed by atoms with van der Waals surface area (Å²) in [7, 11) is 1.57. The van der Waals surface area contributed by atoms with E-state index in [9.17, 15) is 9.59 Å². The Morgan fingerprint density at radius 1 is 1.14 bits per heavy atom. The number of carbonyl (C=O) groups is 2. The third-order valence-corrected chi connectivity index (χ3v) is 4.74. The van der Waals surface area contributed by atoms with Crippen LogP contribution in [0.5, 0.6) is 23.0 Å². The van der Waals surface area contributed by atoms with Crippen LogP contribution in [0.15, 0.2) is 42.5 Å². The third-order valence-electron chi connectivity index (χ3n) is 4.74. The summed E-state index contributed by atoms with van der Waals surface area (Å²) in [6, 6.07) is 12.2. The predicted molar refractivity (Wildman–Crippen MR) is 105 cm³/mol. The summed E-state index contributed by atoms with van der Waals surface area (Å²) in [4.78, 5) is 26.3. The van der Waals surface area contributed by atoms with Crippen LogP contribution in [0, 0.1) is 0 Å². The van der Waals surface area contributed by atoms with E-state index in [1.807, 2.05) is 6.07 Å². The van der Waals surface area contributed by atoms with Gasteiger partial charge in [0.15, 0.2) is 18.1 Å². The first kappa shape index (κ1) is 18.9. The molecule has 8 nitrogen and oxygen atoms in total. The molecule has 29 heavy (non-hydrogen) atoms. The Morgan fingerprint density at radius 2 is 1.93 bits per heavy atom. The molecule has 0 saturated carbocycles. The number of rotatable bonds is 6. The van der Waals surface area contributed by atoms with Crippen LogP contribution < -0.4 is 29.2 Å². The number of nitrogens with zero attached hydrogens (tertiary/aromatic N) is 1. The number of hydrogen-bond donors (Lipinski definition) is 1. The summed E-state index contributed by atoms with van der Waals surface area (Å²) in [5.74, 6) is 2.15. The summed E-state index contributed by atoms with van der Waals surface area (Å²) in [6.45, 7) is 1.25. The Kier molecular flexibility index (Phi) is 5.41. The van der Waals surface area contributed by atoms with Crippen LogP contribution in [0.1, 0.15) is 6.42 Å². The van der Waals surface area contributed by atoms with E-state index >= 15 is 0 Å². The molecule has 152 valence electrons. The number of carbonyl (C=O) groups excluding carboxylic acids is 2. The monoisotopic (exact) mass is 398 g/mol. The molecule has 1 unspecified atom stereocenters. The molecule has 1 atom stereocenters.